The third kappa shape index (κ3) is 2.89. The lowest BCUT2D eigenvalue weighted by Crippen LogP contribution is -2.56. The second-order valence-electron chi connectivity index (χ2n) is 6.81. The number of hydrogen-bond acceptors (Lipinski definition) is 3. The molecule has 0 amide bonds. The van der Waals surface area contributed by atoms with Crippen LogP contribution in [0.5, 0.6) is 0 Å². The van der Waals surface area contributed by atoms with Crippen LogP contribution in [0.4, 0.5) is 0 Å². The van der Waals surface area contributed by atoms with Crippen molar-refractivity contribution in [2.24, 2.45) is 5.92 Å². The molecule has 1 aliphatic heterocycles. The molecule has 0 spiro atoms. The van der Waals surface area contributed by atoms with E-state index in [1.165, 1.54) is 58.2 Å². The minimum Gasteiger partial charge on any atom is -0.314 e. The van der Waals surface area contributed by atoms with Gasteiger partial charge in [0.05, 0.1) is 0 Å². The van der Waals surface area contributed by atoms with Gasteiger partial charge in [0.15, 0.2) is 0 Å². The van der Waals surface area contributed by atoms with Crippen molar-refractivity contribution >= 4 is 0 Å². The molecule has 3 rings (SSSR count). The molecule has 0 bridgehead atoms. The van der Waals surface area contributed by atoms with Gasteiger partial charge in [0.25, 0.3) is 0 Å². The van der Waals surface area contributed by atoms with Gasteiger partial charge in [-0.05, 0) is 71.6 Å². The van der Waals surface area contributed by atoms with Gasteiger partial charge in [-0.15, -0.1) is 0 Å². The highest BCUT2D eigenvalue weighted by atomic mass is 15.2. The molecule has 3 nitrogen and oxygen atoms in total. The summed E-state index contributed by atoms with van der Waals surface area (Å²) in [6.45, 7) is 3.83. The summed E-state index contributed by atoms with van der Waals surface area (Å²) < 4.78 is 0. The van der Waals surface area contributed by atoms with Gasteiger partial charge >= 0.3 is 0 Å². The molecule has 0 aromatic carbocycles. The Labute approximate surface area is 112 Å². The molecule has 1 saturated heterocycles. The van der Waals surface area contributed by atoms with Crippen LogP contribution in [0.2, 0.25) is 0 Å². The molecular formula is C15H29N3. The van der Waals surface area contributed by atoms with Gasteiger partial charge in [-0.25, -0.2) is 0 Å². The smallest absolute Gasteiger partial charge is 0.0223 e. The van der Waals surface area contributed by atoms with Crippen LogP contribution in [0.25, 0.3) is 0 Å². The van der Waals surface area contributed by atoms with Gasteiger partial charge < -0.3 is 10.2 Å². The molecule has 3 aliphatic rings. The molecule has 1 heterocycles. The molecule has 3 atom stereocenters. The van der Waals surface area contributed by atoms with Crippen molar-refractivity contribution in [2.75, 3.05) is 33.7 Å². The summed E-state index contributed by atoms with van der Waals surface area (Å²) in [4.78, 5) is 5.21. The summed E-state index contributed by atoms with van der Waals surface area (Å²) in [6, 6.07) is 2.53. The largest absolute Gasteiger partial charge is 0.314 e. The third-order valence-electron chi connectivity index (χ3n) is 5.32. The Hall–Kier alpha value is -0.120. The average molecular weight is 251 g/mol. The van der Waals surface area contributed by atoms with Gasteiger partial charge in [-0.1, -0.05) is 0 Å². The highest BCUT2D eigenvalue weighted by Crippen LogP contribution is 2.34. The van der Waals surface area contributed by atoms with Crippen molar-refractivity contribution in [2.45, 2.75) is 56.7 Å². The summed E-state index contributed by atoms with van der Waals surface area (Å²) in [5.41, 5.74) is 0. The highest BCUT2D eigenvalue weighted by Gasteiger charge is 2.37. The zero-order chi connectivity index (χ0) is 12.5. The number of likely N-dealkylation sites (tertiary alicyclic amines) is 1. The van der Waals surface area contributed by atoms with E-state index < -0.39 is 0 Å². The summed E-state index contributed by atoms with van der Waals surface area (Å²) in [7, 11) is 4.64. The SMILES string of the molecule is CN1CCCC(N(C)C2CCC2CNC2CC2)C1. The molecule has 104 valence electrons. The fourth-order valence-electron chi connectivity index (χ4n) is 3.67. The second kappa shape index (κ2) is 5.48. The topological polar surface area (TPSA) is 18.5 Å². The zero-order valence-corrected chi connectivity index (χ0v) is 12.1. The Balaban J connectivity index is 1.46. The van der Waals surface area contributed by atoms with Crippen molar-refractivity contribution < 1.29 is 0 Å². The van der Waals surface area contributed by atoms with E-state index in [1.807, 2.05) is 0 Å². The first-order chi connectivity index (χ1) is 8.74. The predicted octanol–water partition coefficient (Wildman–Crippen LogP) is 1.54. The fourth-order valence-corrected chi connectivity index (χ4v) is 3.67. The van der Waals surface area contributed by atoms with E-state index in [0.717, 1.165) is 24.0 Å². The first-order valence-electron chi connectivity index (χ1n) is 7.88. The quantitative estimate of drug-likeness (QED) is 0.800. The van der Waals surface area contributed by atoms with Crippen LogP contribution >= 0.6 is 0 Å². The molecule has 18 heavy (non-hydrogen) atoms. The van der Waals surface area contributed by atoms with E-state index in [4.69, 9.17) is 0 Å². The number of nitrogens with one attached hydrogen (secondary N) is 1. The van der Waals surface area contributed by atoms with Gasteiger partial charge in [0, 0.05) is 24.7 Å². The van der Waals surface area contributed by atoms with Crippen LogP contribution in [0.3, 0.4) is 0 Å². The third-order valence-corrected chi connectivity index (χ3v) is 5.32. The molecule has 3 unspecified atom stereocenters. The summed E-state index contributed by atoms with van der Waals surface area (Å²) >= 11 is 0. The number of hydrogen-bond donors (Lipinski definition) is 1. The molecule has 2 saturated carbocycles. The minimum atomic E-state index is 0.803. The van der Waals surface area contributed by atoms with E-state index in [0.29, 0.717) is 0 Å². The predicted molar refractivity (Wildman–Crippen MR) is 75.8 cm³/mol. The summed E-state index contributed by atoms with van der Waals surface area (Å²) in [6.07, 6.45) is 8.48. The Morgan fingerprint density at radius 2 is 2.00 bits per heavy atom. The van der Waals surface area contributed by atoms with E-state index in [2.05, 4.69) is 29.2 Å². The molecule has 3 fully saturated rings. The maximum absolute atomic E-state index is 3.72. The van der Waals surface area contributed by atoms with Gasteiger partial charge in [-0.2, -0.15) is 0 Å². The number of nitrogens with zero attached hydrogens (tertiary/aromatic N) is 2. The van der Waals surface area contributed by atoms with Gasteiger partial charge in [0.2, 0.25) is 0 Å². The van der Waals surface area contributed by atoms with Crippen LogP contribution in [-0.4, -0.2) is 61.7 Å². The van der Waals surface area contributed by atoms with Crippen LogP contribution in [0, 0.1) is 5.92 Å². The van der Waals surface area contributed by atoms with Crippen LogP contribution in [0.15, 0.2) is 0 Å². The molecule has 0 aromatic heterocycles. The standard InChI is InChI=1S/C15H29N3/c1-17-9-3-4-14(11-17)18(2)15-8-5-12(15)10-16-13-6-7-13/h12-16H,3-11H2,1-2H3. The Morgan fingerprint density at radius 3 is 2.61 bits per heavy atom. The lowest BCUT2D eigenvalue weighted by molar-refractivity contribution is 0.0225. The lowest BCUT2D eigenvalue weighted by Gasteiger charge is -2.48. The average Bonchev–Trinajstić information content (AvgIpc) is 3.12. The van der Waals surface area contributed by atoms with Crippen molar-refractivity contribution in [3.05, 3.63) is 0 Å². The second-order valence-corrected chi connectivity index (χ2v) is 6.81. The zero-order valence-electron chi connectivity index (χ0n) is 12.1. The van der Waals surface area contributed by atoms with Gasteiger partial charge in [0.1, 0.15) is 0 Å². The Bertz CT molecular complexity index is 277. The van der Waals surface area contributed by atoms with Crippen LogP contribution in [0.1, 0.15) is 38.5 Å². The van der Waals surface area contributed by atoms with Gasteiger partial charge in [-0.3, -0.25) is 4.90 Å². The first-order valence-corrected chi connectivity index (χ1v) is 7.88. The summed E-state index contributed by atoms with van der Waals surface area (Å²) in [5, 5.41) is 3.72. The minimum absolute atomic E-state index is 0.803. The number of rotatable bonds is 5. The van der Waals surface area contributed by atoms with Crippen LogP contribution < -0.4 is 5.32 Å². The molecule has 2 aliphatic carbocycles. The van der Waals surface area contributed by atoms with E-state index >= 15 is 0 Å². The van der Waals surface area contributed by atoms with E-state index in [9.17, 15) is 0 Å². The Kier molecular flexibility index (Phi) is 3.92. The van der Waals surface area contributed by atoms with Crippen LogP contribution in [-0.2, 0) is 0 Å². The normalized spacial score (nSPS) is 37.8. The maximum atomic E-state index is 3.72. The highest BCUT2D eigenvalue weighted by molar-refractivity contribution is 4.94. The van der Waals surface area contributed by atoms with E-state index in [1.54, 1.807) is 0 Å². The molecule has 0 radical (unpaired) electrons. The molecular weight excluding hydrogens is 222 g/mol. The number of likely N-dealkylation sites (N-methyl/N-ethyl adjacent to an activating group) is 2. The maximum Gasteiger partial charge on any atom is 0.0223 e. The monoisotopic (exact) mass is 251 g/mol. The summed E-state index contributed by atoms with van der Waals surface area (Å²) in [5.74, 6) is 0.919. The fraction of sp³-hybridized carbons (Fsp3) is 1.00. The number of piperidine rings is 1. The molecule has 3 heteroatoms. The molecule has 0 aromatic rings. The van der Waals surface area contributed by atoms with Crippen molar-refractivity contribution in [3.63, 3.8) is 0 Å². The Morgan fingerprint density at radius 1 is 1.17 bits per heavy atom. The van der Waals surface area contributed by atoms with Crippen molar-refractivity contribution in [1.82, 2.24) is 15.1 Å². The van der Waals surface area contributed by atoms with E-state index in [-0.39, 0.29) is 0 Å². The molecule has 1 N–H and O–H groups in total. The van der Waals surface area contributed by atoms with Crippen molar-refractivity contribution in [1.29, 1.82) is 0 Å². The van der Waals surface area contributed by atoms with Crippen molar-refractivity contribution in [3.8, 4) is 0 Å². The lowest BCUT2D eigenvalue weighted by atomic mass is 9.77. The first kappa shape index (κ1) is 12.9.